The molecule has 6 aromatic rings. The Labute approximate surface area is 218 Å². The normalized spacial score (nSPS) is 11.3. The zero-order valence-electron chi connectivity index (χ0n) is 21.2. The number of nitrogens with one attached hydrogen (secondary N) is 1. The van der Waals surface area contributed by atoms with Gasteiger partial charge in [-0.05, 0) is 90.7 Å². The van der Waals surface area contributed by atoms with Crippen molar-refractivity contribution >= 4 is 44.4 Å². The Balaban J connectivity index is 1.36. The number of methoxy groups -OCH3 is 1. The third-order valence-electron chi connectivity index (χ3n) is 7.14. The van der Waals surface area contributed by atoms with Gasteiger partial charge in [0, 0.05) is 39.3 Å². The van der Waals surface area contributed by atoms with Crippen molar-refractivity contribution in [3.05, 3.63) is 88.6 Å². The number of carbonyl (C=O) groups excluding carboxylic acids is 1. The molecule has 0 atom stereocenters. The maximum absolute atomic E-state index is 13.1. The average molecular weight is 501 g/mol. The summed E-state index contributed by atoms with van der Waals surface area (Å²) in [5.41, 5.74) is 12.9. The number of furan rings is 2. The van der Waals surface area contributed by atoms with Crippen LogP contribution in [0.3, 0.4) is 0 Å². The Morgan fingerprint density at radius 2 is 1.74 bits per heavy atom. The number of nitrogens with two attached hydrogens (primary N) is 1. The molecule has 3 aromatic heterocycles. The number of aryl methyl sites for hydroxylation is 2. The number of nitrogens with zero attached hydrogens (tertiary/aromatic N) is 2. The minimum Gasteiger partial charge on any atom is -0.497 e. The standard InChI is InChI=1S/C31H24N4O3/c1-16-10-28(33)35-17(2)27(16)15-34-31(36)19-5-8-24-26(13-19)30-25-12-18(4-7-23(25)29(24)38-30)22-9-6-21(37-3)11-20(22)14-32/h4-13H,15H2,1-3H3,(H2,33,35)(H,34,36). The molecule has 6 rings (SSSR count). The van der Waals surface area contributed by atoms with Crippen LogP contribution in [0.25, 0.3) is 43.8 Å². The number of hydrogen-bond acceptors (Lipinski definition) is 6. The molecule has 38 heavy (non-hydrogen) atoms. The van der Waals surface area contributed by atoms with Gasteiger partial charge < -0.3 is 20.2 Å². The summed E-state index contributed by atoms with van der Waals surface area (Å²) in [7, 11) is 1.58. The lowest BCUT2D eigenvalue weighted by Gasteiger charge is -2.12. The topological polar surface area (TPSA) is 114 Å². The van der Waals surface area contributed by atoms with Gasteiger partial charge in [0.2, 0.25) is 0 Å². The monoisotopic (exact) mass is 500 g/mol. The molecule has 3 aromatic carbocycles. The molecule has 186 valence electrons. The van der Waals surface area contributed by atoms with E-state index in [9.17, 15) is 10.1 Å². The third kappa shape index (κ3) is 3.66. The minimum atomic E-state index is -0.178. The first kappa shape index (κ1) is 23.3. The lowest BCUT2D eigenvalue weighted by molar-refractivity contribution is 0.0951. The predicted molar refractivity (Wildman–Crippen MR) is 148 cm³/mol. The summed E-state index contributed by atoms with van der Waals surface area (Å²) in [5.74, 6) is 0.928. The van der Waals surface area contributed by atoms with Crippen LogP contribution in [0.15, 0.2) is 65.1 Å². The molecule has 3 N–H and O–H groups in total. The second-order valence-corrected chi connectivity index (χ2v) is 9.42. The van der Waals surface area contributed by atoms with Crippen molar-refractivity contribution in [2.75, 3.05) is 12.8 Å². The van der Waals surface area contributed by atoms with Crippen molar-refractivity contribution in [2.24, 2.45) is 0 Å². The molecule has 7 nitrogen and oxygen atoms in total. The molecule has 0 saturated heterocycles. The predicted octanol–water partition coefficient (Wildman–Crippen LogP) is 6.25. The molecular weight excluding hydrogens is 476 g/mol. The molecular formula is C31H24N4O3. The van der Waals surface area contributed by atoms with Crippen LogP contribution in [0.5, 0.6) is 5.75 Å². The zero-order valence-corrected chi connectivity index (χ0v) is 21.2. The van der Waals surface area contributed by atoms with E-state index in [0.29, 0.717) is 29.2 Å². The number of nitriles is 1. The molecule has 0 fully saturated rings. The minimum absolute atomic E-state index is 0.178. The summed E-state index contributed by atoms with van der Waals surface area (Å²) < 4.78 is 11.5. The number of rotatable bonds is 5. The van der Waals surface area contributed by atoms with Gasteiger partial charge in [-0.15, -0.1) is 0 Å². The molecule has 7 heteroatoms. The highest BCUT2D eigenvalue weighted by Crippen LogP contribution is 2.42. The number of hydrogen-bond donors (Lipinski definition) is 2. The first-order valence-corrected chi connectivity index (χ1v) is 12.2. The Morgan fingerprint density at radius 3 is 2.47 bits per heavy atom. The van der Waals surface area contributed by atoms with Crippen molar-refractivity contribution < 1.29 is 13.9 Å². The van der Waals surface area contributed by atoms with Gasteiger partial charge in [0.25, 0.3) is 5.91 Å². The van der Waals surface area contributed by atoms with Crippen molar-refractivity contribution in [3.63, 3.8) is 0 Å². The van der Waals surface area contributed by atoms with E-state index in [-0.39, 0.29) is 5.91 Å². The summed E-state index contributed by atoms with van der Waals surface area (Å²) in [5, 5.41) is 16.5. The Morgan fingerprint density at radius 1 is 1.00 bits per heavy atom. The molecule has 0 saturated carbocycles. The van der Waals surface area contributed by atoms with Gasteiger partial charge in [-0.1, -0.05) is 6.07 Å². The molecule has 0 radical (unpaired) electrons. The second-order valence-electron chi connectivity index (χ2n) is 9.42. The van der Waals surface area contributed by atoms with Crippen molar-refractivity contribution in [1.29, 1.82) is 5.26 Å². The fourth-order valence-electron chi connectivity index (χ4n) is 5.20. The van der Waals surface area contributed by atoms with E-state index in [1.807, 2.05) is 68.4 Å². The van der Waals surface area contributed by atoms with Gasteiger partial charge in [0.05, 0.1) is 18.7 Å². The van der Waals surface area contributed by atoms with Gasteiger partial charge in [-0.25, -0.2) is 4.98 Å². The first-order chi connectivity index (χ1) is 18.4. The first-order valence-electron chi connectivity index (χ1n) is 12.2. The molecule has 1 amide bonds. The van der Waals surface area contributed by atoms with Crippen LogP contribution in [0, 0.1) is 25.2 Å². The third-order valence-corrected chi connectivity index (χ3v) is 7.14. The van der Waals surface area contributed by atoms with E-state index in [4.69, 9.17) is 14.9 Å². The number of aromatic nitrogens is 1. The van der Waals surface area contributed by atoms with Crippen molar-refractivity contribution in [3.8, 4) is 22.9 Å². The summed E-state index contributed by atoms with van der Waals surface area (Å²) in [6.45, 7) is 4.21. The van der Waals surface area contributed by atoms with Crippen LogP contribution >= 0.6 is 0 Å². The summed E-state index contributed by atoms with van der Waals surface area (Å²) in [6.07, 6.45) is 0. The second kappa shape index (κ2) is 8.79. The lowest BCUT2D eigenvalue weighted by atomic mass is 9.95. The SMILES string of the molecule is COc1ccc(-c2ccc3c(c2)c2oc3c3ccc(C(=O)NCc4c(C)cc(N)nc4C)cc32)c(C#N)c1. The van der Waals surface area contributed by atoms with E-state index in [1.165, 1.54) is 0 Å². The summed E-state index contributed by atoms with van der Waals surface area (Å²) in [4.78, 5) is 17.4. The van der Waals surface area contributed by atoms with Crippen LogP contribution < -0.4 is 15.8 Å². The Bertz CT molecular complexity index is 1910. The fourth-order valence-corrected chi connectivity index (χ4v) is 5.20. The molecule has 0 unspecified atom stereocenters. The molecule has 0 spiro atoms. The maximum atomic E-state index is 13.1. The highest BCUT2D eigenvalue weighted by Gasteiger charge is 2.20. The summed E-state index contributed by atoms with van der Waals surface area (Å²) in [6, 6.07) is 21.2. The van der Waals surface area contributed by atoms with Gasteiger partial charge in [-0.3, -0.25) is 4.79 Å². The Hall–Kier alpha value is -5.09. The van der Waals surface area contributed by atoms with Crippen molar-refractivity contribution in [2.45, 2.75) is 20.4 Å². The number of fused-ring (bicyclic) bond motifs is 8. The van der Waals surface area contributed by atoms with Gasteiger partial charge in [-0.2, -0.15) is 5.26 Å². The smallest absolute Gasteiger partial charge is 0.251 e. The van der Waals surface area contributed by atoms with Crippen LogP contribution in [0.2, 0.25) is 0 Å². The maximum Gasteiger partial charge on any atom is 0.251 e. The fraction of sp³-hybridized carbons (Fsp3) is 0.129. The number of pyridine rings is 1. The van der Waals surface area contributed by atoms with E-state index >= 15 is 0 Å². The van der Waals surface area contributed by atoms with E-state index in [1.54, 1.807) is 13.2 Å². The largest absolute Gasteiger partial charge is 0.497 e. The molecule has 2 bridgehead atoms. The van der Waals surface area contributed by atoms with Gasteiger partial charge >= 0.3 is 0 Å². The van der Waals surface area contributed by atoms with Gasteiger partial charge in [0.1, 0.15) is 22.7 Å². The molecule has 0 aliphatic heterocycles. The molecule has 3 heterocycles. The van der Waals surface area contributed by atoms with Crippen LogP contribution in [0.1, 0.15) is 32.7 Å². The highest BCUT2D eigenvalue weighted by atomic mass is 16.5. The highest BCUT2D eigenvalue weighted by molar-refractivity contribution is 6.26. The van der Waals surface area contributed by atoms with Crippen LogP contribution in [-0.4, -0.2) is 18.0 Å². The summed E-state index contributed by atoms with van der Waals surface area (Å²) >= 11 is 0. The number of ether oxygens (including phenoxy) is 1. The zero-order chi connectivity index (χ0) is 26.6. The molecule has 0 aliphatic carbocycles. The Kier molecular flexibility index (Phi) is 5.39. The quantitative estimate of drug-likeness (QED) is 0.271. The number of carbonyl (C=O) groups is 1. The van der Waals surface area contributed by atoms with Crippen molar-refractivity contribution in [1.82, 2.24) is 10.3 Å². The van der Waals surface area contributed by atoms with Gasteiger partial charge in [0.15, 0.2) is 0 Å². The van der Waals surface area contributed by atoms with Crippen LogP contribution in [0.4, 0.5) is 5.82 Å². The number of amides is 1. The van der Waals surface area contributed by atoms with E-state index < -0.39 is 0 Å². The lowest BCUT2D eigenvalue weighted by Crippen LogP contribution is -2.24. The number of benzene rings is 4. The number of nitrogen functional groups attached to an aromatic ring is 1. The van der Waals surface area contributed by atoms with E-state index in [2.05, 4.69) is 16.4 Å². The van der Waals surface area contributed by atoms with Crippen LogP contribution in [-0.2, 0) is 6.54 Å². The van der Waals surface area contributed by atoms with E-state index in [0.717, 1.165) is 60.7 Å². The molecule has 0 aliphatic rings. The average Bonchev–Trinajstić information content (AvgIpc) is 3.48. The number of anilines is 1.